The highest BCUT2D eigenvalue weighted by Crippen LogP contribution is 2.29. The third-order valence-electron chi connectivity index (χ3n) is 4.08. The maximum Gasteiger partial charge on any atom is 0.250 e. The number of likely N-dealkylation sites (tertiary alicyclic amines) is 1. The topological polar surface area (TPSA) is 84.7 Å². The van der Waals surface area contributed by atoms with Crippen LogP contribution in [0.5, 0.6) is 0 Å². The van der Waals surface area contributed by atoms with Gasteiger partial charge in [-0.25, -0.2) is 13.1 Å². The van der Waals surface area contributed by atoms with Gasteiger partial charge in [-0.3, -0.25) is 0 Å². The average Bonchev–Trinajstić information content (AvgIpc) is 3.32. The van der Waals surface area contributed by atoms with E-state index in [1.165, 1.54) is 17.6 Å². The van der Waals surface area contributed by atoms with Gasteiger partial charge in [-0.2, -0.15) is 0 Å². The summed E-state index contributed by atoms with van der Waals surface area (Å²) in [6.45, 7) is 3.96. The van der Waals surface area contributed by atoms with E-state index in [0.29, 0.717) is 29.0 Å². The van der Waals surface area contributed by atoms with Crippen LogP contribution in [0.4, 0.5) is 0 Å². The summed E-state index contributed by atoms with van der Waals surface area (Å²) in [4.78, 5) is 3.08. The Bertz CT molecular complexity index is 743. The molecular formula is C15H21N3O4S2. The molecule has 0 bridgehead atoms. The number of thiophene rings is 1. The quantitative estimate of drug-likeness (QED) is 0.759. The van der Waals surface area contributed by atoms with Crippen LogP contribution in [0, 0.1) is 5.92 Å². The summed E-state index contributed by atoms with van der Waals surface area (Å²) in [6, 6.07) is 5.07. The lowest BCUT2D eigenvalue weighted by molar-refractivity contribution is 0.159. The predicted octanol–water partition coefficient (Wildman–Crippen LogP) is 1.65. The molecule has 0 spiro atoms. The largest absolute Gasteiger partial charge is 0.383 e. The van der Waals surface area contributed by atoms with Gasteiger partial charge in [-0.1, -0.05) is 5.16 Å². The minimum absolute atomic E-state index is 0.301. The molecule has 0 saturated carbocycles. The van der Waals surface area contributed by atoms with Gasteiger partial charge in [-0.15, -0.1) is 11.3 Å². The molecule has 1 fully saturated rings. The van der Waals surface area contributed by atoms with Crippen molar-refractivity contribution in [3.05, 3.63) is 24.5 Å². The molecule has 7 nitrogen and oxygen atoms in total. The monoisotopic (exact) mass is 371 g/mol. The highest BCUT2D eigenvalue weighted by molar-refractivity contribution is 7.91. The lowest BCUT2D eigenvalue weighted by atomic mass is 10.1. The summed E-state index contributed by atoms with van der Waals surface area (Å²) in [5.74, 6) is 0.339. The molecule has 1 N–H and O–H groups in total. The molecule has 3 heterocycles. The number of hydrogen-bond acceptors (Lipinski definition) is 7. The first-order chi connectivity index (χ1) is 11.6. The smallest absolute Gasteiger partial charge is 0.250 e. The molecule has 1 atom stereocenters. The predicted molar refractivity (Wildman–Crippen MR) is 91.4 cm³/mol. The van der Waals surface area contributed by atoms with Gasteiger partial charge in [0.25, 0.3) is 0 Å². The highest BCUT2D eigenvalue weighted by Gasteiger charge is 2.25. The van der Waals surface area contributed by atoms with Crippen molar-refractivity contribution >= 4 is 21.4 Å². The van der Waals surface area contributed by atoms with E-state index in [2.05, 4.69) is 14.8 Å². The van der Waals surface area contributed by atoms with E-state index in [-0.39, 0.29) is 0 Å². The van der Waals surface area contributed by atoms with Gasteiger partial charge >= 0.3 is 0 Å². The maximum atomic E-state index is 12.4. The molecule has 0 amide bonds. The maximum absolute atomic E-state index is 12.4. The number of nitrogens with zero attached hydrogens (tertiary/aromatic N) is 2. The zero-order valence-corrected chi connectivity index (χ0v) is 15.1. The fraction of sp³-hybridized carbons (Fsp3) is 0.533. The molecule has 1 saturated heterocycles. The molecule has 2 aromatic rings. The Balaban J connectivity index is 1.55. The summed E-state index contributed by atoms with van der Waals surface area (Å²) in [7, 11) is -1.79. The first kappa shape index (κ1) is 17.6. The van der Waals surface area contributed by atoms with E-state index in [1.807, 2.05) is 0 Å². The van der Waals surface area contributed by atoms with Crippen LogP contribution in [0.3, 0.4) is 0 Å². The molecular weight excluding hydrogens is 350 g/mol. The summed E-state index contributed by atoms with van der Waals surface area (Å²) in [6.07, 6.45) is 2.47. The van der Waals surface area contributed by atoms with Crippen LogP contribution in [0.2, 0.25) is 0 Å². The van der Waals surface area contributed by atoms with Crippen LogP contribution in [0.1, 0.15) is 6.42 Å². The molecule has 24 heavy (non-hydrogen) atoms. The molecule has 9 heteroatoms. The van der Waals surface area contributed by atoms with Crippen molar-refractivity contribution in [2.24, 2.45) is 5.92 Å². The molecule has 0 aliphatic carbocycles. The second-order valence-corrected chi connectivity index (χ2v) is 8.88. The van der Waals surface area contributed by atoms with Crippen LogP contribution in [-0.4, -0.2) is 58.4 Å². The number of methoxy groups -OCH3 is 1. The summed E-state index contributed by atoms with van der Waals surface area (Å²) in [5, 5.41) is 3.83. The van der Waals surface area contributed by atoms with Crippen molar-refractivity contribution in [1.82, 2.24) is 14.8 Å². The van der Waals surface area contributed by atoms with Crippen LogP contribution in [-0.2, 0) is 14.8 Å². The van der Waals surface area contributed by atoms with E-state index in [4.69, 9.17) is 9.26 Å². The van der Waals surface area contributed by atoms with Crippen LogP contribution >= 0.6 is 11.3 Å². The summed E-state index contributed by atoms with van der Waals surface area (Å²) in [5.41, 5.74) is 0.644. The van der Waals surface area contributed by atoms with E-state index < -0.39 is 10.0 Å². The number of hydrogen-bond donors (Lipinski definition) is 1. The fourth-order valence-corrected chi connectivity index (χ4v) is 5.17. The van der Waals surface area contributed by atoms with Crippen LogP contribution in [0.25, 0.3) is 10.6 Å². The van der Waals surface area contributed by atoms with Gasteiger partial charge in [0, 0.05) is 32.8 Å². The molecule has 1 aliphatic heterocycles. The minimum atomic E-state index is -3.49. The second kappa shape index (κ2) is 7.75. The fourth-order valence-electron chi connectivity index (χ4n) is 2.74. The van der Waals surface area contributed by atoms with Crippen molar-refractivity contribution in [3.63, 3.8) is 0 Å². The zero-order valence-electron chi connectivity index (χ0n) is 13.5. The highest BCUT2D eigenvalue weighted by atomic mass is 32.2. The number of sulfonamides is 1. The van der Waals surface area contributed by atoms with Gasteiger partial charge in [0.1, 0.15) is 16.2 Å². The van der Waals surface area contributed by atoms with E-state index >= 15 is 0 Å². The molecule has 0 aromatic carbocycles. The van der Waals surface area contributed by atoms with Crippen molar-refractivity contribution < 1.29 is 17.7 Å². The van der Waals surface area contributed by atoms with Gasteiger partial charge in [0.2, 0.25) is 10.0 Å². The Hall–Kier alpha value is -1.26. The molecule has 0 unspecified atom stereocenters. The molecule has 2 aromatic heterocycles. The number of aromatic nitrogens is 1. The van der Waals surface area contributed by atoms with Crippen LogP contribution < -0.4 is 4.72 Å². The number of nitrogens with one attached hydrogen (secondary N) is 1. The normalized spacial score (nSPS) is 19.1. The lowest BCUT2D eigenvalue weighted by Gasteiger charge is -2.15. The van der Waals surface area contributed by atoms with Crippen molar-refractivity contribution in [3.8, 4) is 10.6 Å². The third kappa shape index (κ3) is 4.22. The number of rotatable bonds is 8. The Morgan fingerprint density at radius 2 is 2.33 bits per heavy atom. The lowest BCUT2D eigenvalue weighted by Crippen LogP contribution is -2.31. The molecule has 1 aliphatic rings. The number of ether oxygens (including phenoxy) is 1. The van der Waals surface area contributed by atoms with Crippen molar-refractivity contribution in [1.29, 1.82) is 0 Å². The van der Waals surface area contributed by atoms with E-state index in [1.54, 1.807) is 25.3 Å². The second-order valence-electron chi connectivity index (χ2n) is 5.80. The molecule has 3 rings (SSSR count). The van der Waals surface area contributed by atoms with Gasteiger partial charge in [0.15, 0.2) is 0 Å². The first-order valence-electron chi connectivity index (χ1n) is 7.80. The average molecular weight is 371 g/mol. The summed E-state index contributed by atoms with van der Waals surface area (Å²) < 4.78 is 37.8. The Labute approximate surface area is 145 Å². The van der Waals surface area contributed by atoms with Crippen molar-refractivity contribution in [2.75, 3.05) is 39.9 Å². The standard InChI is InChI=1S/C15H21N3O4S2/c1-21-9-7-18-6-4-12(11-18)10-16-24(19,20)15-3-2-14(23-15)13-5-8-22-17-13/h2-3,5,8,12,16H,4,6-7,9-11H2,1H3/t12-/m0/s1. The van der Waals surface area contributed by atoms with Gasteiger partial charge < -0.3 is 14.2 Å². The van der Waals surface area contributed by atoms with Crippen molar-refractivity contribution in [2.45, 2.75) is 10.6 Å². The van der Waals surface area contributed by atoms with E-state index in [9.17, 15) is 8.42 Å². The van der Waals surface area contributed by atoms with Crippen LogP contribution in [0.15, 0.2) is 33.2 Å². The zero-order chi connectivity index (χ0) is 17.0. The first-order valence-corrected chi connectivity index (χ1v) is 10.1. The SMILES string of the molecule is COCCN1CC[C@@H](CNS(=O)(=O)c2ccc(-c3ccon3)s2)C1. The molecule has 132 valence electrons. The molecule has 0 radical (unpaired) electrons. The van der Waals surface area contributed by atoms with E-state index in [0.717, 1.165) is 30.9 Å². The Morgan fingerprint density at radius 3 is 3.08 bits per heavy atom. The van der Waals surface area contributed by atoms with Gasteiger partial charge in [0.05, 0.1) is 11.5 Å². The minimum Gasteiger partial charge on any atom is -0.383 e. The third-order valence-corrected chi connectivity index (χ3v) is 7.10. The van der Waals surface area contributed by atoms with Gasteiger partial charge in [-0.05, 0) is 31.0 Å². The summed E-state index contributed by atoms with van der Waals surface area (Å²) >= 11 is 1.19. The Kier molecular flexibility index (Phi) is 5.67. The Morgan fingerprint density at radius 1 is 1.46 bits per heavy atom.